The van der Waals surface area contributed by atoms with Gasteiger partial charge in [-0.2, -0.15) is 0 Å². The lowest BCUT2D eigenvalue weighted by Crippen LogP contribution is -2.38. The molecule has 0 radical (unpaired) electrons. The molecule has 3 aromatic carbocycles. The predicted octanol–water partition coefficient (Wildman–Crippen LogP) is 4.84. The van der Waals surface area contributed by atoms with Gasteiger partial charge in [-0.25, -0.2) is 0 Å². The van der Waals surface area contributed by atoms with Crippen LogP contribution in [0.2, 0.25) is 0 Å². The summed E-state index contributed by atoms with van der Waals surface area (Å²) in [6.07, 6.45) is 2.25. The summed E-state index contributed by atoms with van der Waals surface area (Å²) in [5.41, 5.74) is 4.59. The minimum Gasteiger partial charge on any atom is -0.493 e. The number of hydrogen-bond acceptors (Lipinski definition) is 5. The number of anilines is 1. The Kier molecular flexibility index (Phi) is 9.38. The molecule has 0 unspecified atom stereocenters. The summed E-state index contributed by atoms with van der Waals surface area (Å²) in [5.74, 6) is 1.03. The molecule has 1 aliphatic heterocycles. The minimum absolute atomic E-state index is 0.0226. The number of piperidine rings is 1. The van der Waals surface area contributed by atoms with E-state index in [0.717, 1.165) is 38.0 Å². The van der Waals surface area contributed by atoms with Gasteiger partial charge in [0.05, 0.1) is 25.5 Å². The van der Waals surface area contributed by atoms with Crippen molar-refractivity contribution in [3.8, 4) is 11.5 Å². The summed E-state index contributed by atoms with van der Waals surface area (Å²) in [6, 6.07) is 21.5. The Morgan fingerprint density at radius 3 is 2.29 bits per heavy atom. The number of para-hydroxylation sites is 1. The van der Waals surface area contributed by atoms with Crippen LogP contribution in [0.5, 0.6) is 11.5 Å². The number of rotatable bonds is 10. The number of ether oxygens (including phenoxy) is 2. The van der Waals surface area contributed by atoms with Crippen molar-refractivity contribution in [3.05, 3.63) is 89.0 Å². The van der Waals surface area contributed by atoms with E-state index in [2.05, 4.69) is 46.7 Å². The normalized spacial score (nSPS) is 14.1. The van der Waals surface area contributed by atoms with Crippen molar-refractivity contribution in [2.75, 3.05) is 39.2 Å². The van der Waals surface area contributed by atoms with Gasteiger partial charge in [0.25, 0.3) is 5.91 Å². The second kappa shape index (κ2) is 13.1. The van der Waals surface area contributed by atoms with Crippen LogP contribution in [0.15, 0.2) is 66.7 Å². The average molecular weight is 516 g/mol. The first-order valence-electron chi connectivity index (χ1n) is 13.1. The van der Waals surface area contributed by atoms with Gasteiger partial charge in [-0.15, -0.1) is 0 Å². The van der Waals surface area contributed by atoms with Gasteiger partial charge in [0, 0.05) is 19.0 Å². The summed E-state index contributed by atoms with van der Waals surface area (Å²) in [5, 5.41) is 5.99. The van der Waals surface area contributed by atoms with E-state index < -0.39 is 0 Å². The Labute approximate surface area is 225 Å². The summed E-state index contributed by atoms with van der Waals surface area (Å²) in [4.78, 5) is 28.4. The van der Waals surface area contributed by atoms with E-state index in [4.69, 9.17) is 9.47 Å². The van der Waals surface area contributed by atoms with Crippen LogP contribution >= 0.6 is 0 Å². The zero-order chi connectivity index (χ0) is 26.9. The summed E-state index contributed by atoms with van der Waals surface area (Å²) in [6.45, 7) is 5.21. The zero-order valence-electron chi connectivity index (χ0n) is 22.5. The van der Waals surface area contributed by atoms with Crippen LogP contribution in [0, 0.1) is 12.8 Å². The lowest BCUT2D eigenvalue weighted by Gasteiger charge is -2.31. The van der Waals surface area contributed by atoms with E-state index in [1.807, 2.05) is 30.3 Å². The average Bonchev–Trinajstić information content (AvgIpc) is 2.94. The third-order valence-corrected chi connectivity index (χ3v) is 7.06. The first-order chi connectivity index (χ1) is 18.5. The van der Waals surface area contributed by atoms with Crippen molar-refractivity contribution in [1.82, 2.24) is 10.2 Å². The van der Waals surface area contributed by atoms with Gasteiger partial charge < -0.3 is 20.1 Å². The maximum absolute atomic E-state index is 13.1. The molecule has 1 saturated heterocycles. The third-order valence-electron chi connectivity index (χ3n) is 7.06. The number of carbonyl (C=O) groups excluding carboxylic acids is 2. The number of hydrogen-bond donors (Lipinski definition) is 2. The number of aryl methyl sites for hydroxylation is 1. The van der Waals surface area contributed by atoms with Crippen LogP contribution in [0.4, 0.5) is 5.69 Å². The van der Waals surface area contributed by atoms with Gasteiger partial charge in [-0.1, -0.05) is 48.0 Å². The van der Waals surface area contributed by atoms with Crippen molar-refractivity contribution in [2.24, 2.45) is 5.92 Å². The molecule has 0 bridgehead atoms. The van der Waals surface area contributed by atoms with E-state index in [9.17, 15) is 9.59 Å². The Morgan fingerprint density at radius 2 is 1.58 bits per heavy atom. The number of methoxy groups -OCH3 is 2. The molecule has 1 heterocycles. The molecule has 4 rings (SSSR count). The first-order valence-corrected chi connectivity index (χ1v) is 13.1. The molecule has 0 aromatic heterocycles. The second-order valence-corrected chi connectivity index (χ2v) is 9.77. The van der Waals surface area contributed by atoms with Crippen LogP contribution in [-0.2, 0) is 17.8 Å². The summed E-state index contributed by atoms with van der Waals surface area (Å²) in [7, 11) is 3.20. The molecule has 1 aliphatic rings. The maximum Gasteiger partial charge on any atom is 0.253 e. The maximum atomic E-state index is 13.1. The summed E-state index contributed by atoms with van der Waals surface area (Å²) < 4.78 is 10.6. The quantitative estimate of drug-likeness (QED) is 0.404. The van der Waals surface area contributed by atoms with Gasteiger partial charge in [0.15, 0.2) is 11.5 Å². The largest absolute Gasteiger partial charge is 0.493 e. The van der Waals surface area contributed by atoms with Gasteiger partial charge >= 0.3 is 0 Å². The number of nitrogens with zero attached hydrogens (tertiary/aromatic N) is 1. The lowest BCUT2D eigenvalue weighted by molar-refractivity contribution is -0.121. The van der Waals surface area contributed by atoms with Gasteiger partial charge in [0.2, 0.25) is 5.91 Å². The van der Waals surface area contributed by atoms with Crippen molar-refractivity contribution < 1.29 is 19.1 Å². The summed E-state index contributed by atoms with van der Waals surface area (Å²) >= 11 is 0. The van der Waals surface area contributed by atoms with Crippen LogP contribution in [0.25, 0.3) is 0 Å². The van der Waals surface area contributed by atoms with E-state index in [-0.39, 0.29) is 17.7 Å². The number of carbonyl (C=O) groups is 2. The van der Waals surface area contributed by atoms with E-state index in [1.165, 1.54) is 11.1 Å². The van der Waals surface area contributed by atoms with E-state index >= 15 is 0 Å². The molecule has 2 N–H and O–H groups in total. The van der Waals surface area contributed by atoms with Gasteiger partial charge in [0.1, 0.15) is 0 Å². The molecule has 200 valence electrons. The first kappa shape index (κ1) is 27.2. The van der Waals surface area contributed by atoms with Crippen LogP contribution in [0.3, 0.4) is 0 Å². The highest BCUT2D eigenvalue weighted by Gasteiger charge is 2.26. The lowest BCUT2D eigenvalue weighted by atomic mass is 9.95. The fourth-order valence-electron chi connectivity index (χ4n) is 4.78. The van der Waals surface area contributed by atoms with Gasteiger partial charge in [-0.05, 0) is 74.7 Å². The van der Waals surface area contributed by atoms with Crippen molar-refractivity contribution in [3.63, 3.8) is 0 Å². The molecule has 7 nitrogen and oxygen atoms in total. The monoisotopic (exact) mass is 515 g/mol. The number of nitrogens with one attached hydrogen (secondary N) is 2. The third kappa shape index (κ3) is 7.13. The zero-order valence-corrected chi connectivity index (χ0v) is 22.5. The molecule has 0 atom stereocenters. The van der Waals surface area contributed by atoms with Crippen molar-refractivity contribution in [2.45, 2.75) is 32.7 Å². The predicted molar refractivity (Wildman–Crippen MR) is 150 cm³/mol. The molecule has 0 spiro atoms. The fraction of sp³-hybridized carbons (Fsp3) is 0.355. The Balaban J connectivity index is 1.28. The van der Waals surface area contributed by atoms with Crippen LogP contribution < -0.4 is 20.1 Å². The standard InChI is InChI=1S/C31H37N3O4/c1-22-8-10-24(11-9-22)21-34-18-15-25(16-19-34)30(35)33-27-7-5-4-6-26(27)31(36)32-17-14-23-12-13-28(37-2)29(20-23)38-3/h4-13,20,25H,14-19,21H2,1-3H3,(H,32,36)(H,33,35). The fourth-order valence-corrected chi connectivity index (χ4v) is 4.78. The molecule has 2 amide bonds. The SMILES string of the molecule is COc1ccc(CCNC(=O)c2ccccc2NC(=O)C2CCN(Cc3ccc(C)cc3)CC2)cc1OC. The highest BCUT2D eigenvalue weighted by atomic mass is 16.5. The molecule has 38 heavy (non-hydrogen) atoms. The second-order valence-electron chi connectivity index (χ2n) is 9.77. The van der Waals surface area contributed by atoms with Crippen molar-refractivity contribution in [1.29, 1.82) is 0 Å². The van der Waals surface area contributed by atoms with Gasteiger partial charge in [-0.3, -0.25) is 14.5 Å². The molecule has 3 aromatic rings. The number of likely N-dealkylation sites (tertiary alicyclic amines) is 1. The van der Waals surface area contributed by atoms with Crippen LogP contribution in [-0.4, -0.2) is 50.6 Å². The molecule has 1 fully saturated rings. The highest BCUT2D eigenvalue weighted by molar-refractivity contribution is 6.04. The Morgan fingerprint density at radius 1 is 0.895 bits per heavy atom. The smallest absolute Gasteiger partial charge is 0.253 e. The molecule has 0 saturated carbocycles. The number of benzene rings is 3. The number of amides is 2. The molecule has 7 heteroatoms. The van der Waals surface area contributed by atoms with E-state index in [0.29, 0.717) is 35.7 Å². The molecular weight excluding hydrogens is 478 g/mol. The van der Waals surface area contributed by atoms with Crippen LogP contribution in [0.1, 0.15) is 39.9 Å². The van der Waals surface area contributed by atoms with E-state index in [1.54, 1.807) is 26.4 Å². The Bertz CT molecular complexity index is 1230. The molecule has 0 aliphatic carbocycles. The van der Waals surface area contributed by atoms with Crippen molar-refractivity contribution >= 4 is 17.5 Å². The highest BCUT2D eigenvalue weighted by Crippen LogP contribution is 2.28. The Hall–Kier alpha value is -3.84. The molecular formula is C31H37N3O4. The topological polar surface area (TPSA) is 79.9 Å². The minimum atomic E-state index is -0.214.